The van der Waals surface area contributed by atoms with E-state index in [0.717, 1.165) is 16.4 Å². The van der Waals surface area contributed by atoms with Crippen molar-refractivity contribution in [2.75, 3.05) is 19.6 Å². The van der Waals surface area contributed by atoms with E-state index in [-0.39, 0.29) is 24.8 Å². The molecule has 5 rings (SSSR count). The van der Waals surface area contributed by atoms with Gasteiger partial charge in [-0.15, -0.1) is 0 Å². The molecule has 1 saturated heterocycles. The van der Waals surface area contributed by atoms with Crippen LogP contribution in [0.25, 0.3) is 17.1 Å². The number of hydrogen-bond acceptors (Lipinski definition) is 6. The van der Waals surface area contributed by atoms with Crippen LogP contribution in [-0.4, -0.2) is 56.3 Å². The van der Waals surface area contributed by atoms with Crippen LogP contribution in [0.1, 0.15) is 53.5 Å². The van der Waals surface area contributed by atoms with Crippen molar-refractivity contribution in [3.8, 4) is 17.1 Å². The van der Waals surface area contributed by atoms with Gasteiger partial charge in [0.15, 0.2) is 11.5 Å². The largest absolute Gasteiger partial charge is 0.435 e. The van der Waals surface area contributed by atoms with E-state index < -0.39 is 23.3 Å². The maximum absolute atomic E-state index is 13.5. The summed E-state index contributed by atoms with van der Waals surface area (Å²) in [5, 5.41) is 10.2. The highest BCUT2D eigenvalue weighted by atomic mass is 19.4. The van der Waals surface area contributed by atoms with Gasteiger partial charge in [0.1, 0.15) is 0 Å². The van der Waals surface area contributed by atoms with Crippen molar-refractivity contribution in [3.63, 3.8) is 0 Å². The Labute approximate surface area is 228 Å². The average Bonchev–Trinajstić information content (AvgIpc) is 3.65. The molecule has 1 fully saturated rings. The minimum atomic E-state index is -4.79. The van der Waals surface area contributed by atoms with E-state index in [1.165, 1.54) is 0 Å². The van der Waals surface area contributed by atoms with Crippen molar-refractivity contribution in [1.29, 1.82) is 0 Å². The summed E-state index contributed by atoms with van der Waals surface area (Å²) >= 11 is 0. The quantitative estimate of drug-likeness (QED) is 0.313. The number of nitrogens with one attached hydrogen (secondary N) is 1. The smallest absolute Gasteiger partial charge is 0.352 e. The van der Waals surface area contributed by atoms with Gasteiger partial charge in [-0.05, 0) is 43.5 Å². The van der Waals surface area contributed by atoms with Crippen LogP contribution in [0.2, 0.25) is 0 Å². The summed E-state index contributed by atoms with van der Waals surface area (Å²) in [6, 6.07) is 17.7. The lowest BCUT2D eigenvalue weighted by Gasteiger charge is -2.30. The van der Waals surface area contributed by atoms with Gasteiger partial charge < -0.3 is 14.7 Å². The summed E-state index contributed by atoms with van der Waals surface area (Å²) in [6.45, 7) is 1.14. The fourth-order valence-electron chi connectivity index (χ4n) is 4.64. The van der Waals surface area contributed by atoms with Gasteiger partial charge in [-0.25, -0.2) is 4.68 Å². The average molecular weight is 553 g/mol. The van der Waals surface area contributed by atoms with Crippen LogP contribution in [-0.2, 0) is 11.0 Å². The molecule has 0 spiro atoms. The number of hydrogen-bond donors (Lipinski definition) is 1. The minimum absolute atomic E-state index is 0.0555. The molecule has 0 radical (unpaired) electrons. The van der Waals surface area contributed by atoms with Crippen molar-refractivity contribution in [2.24, 2.45) is 0 Å². The zero-order valence-electron chi connectivity index (χ0n) is 21.5. The Morgan fingerprint density at radius 2 is 1.68 bits per heavy atom. The lowest BCUT2D eigenvalue weighted by Crippen LogP contribution is -2.38. The van der Waals surface area contributed by atoms with Gasteiger partial charge in [0.2, 0.25) is 5.91 Å². The number of benzene rings is 2. The first-order valence-electron chi connectivity index (χ1n) is 13.0. The molecular weight excluding hydrogens is 525 g/mol. The molecule has 2 amide bonds. The van der Waals surface area contributed by atoms with Crippen LogP contribution in [0.15, 0.2) is 71.4 Å². The summed E-state index contributed by atoms with van der Waals surface area (Å²) in [4.78, 5) is 31.5. The second-order valence-corrected chi connectivity index (χ2v) is 9.51. The normalized spacial score (nSPS) is 14.3. The lowest BCUT2D eigenvalue weighted by molar-refractivity contribution is -0.141. The van der Waals surface area contributed by atoms with E-state index in [1.807, 2.05) is 30.3 Å². The van der Waals surface area contributed by atoms with Crippen LogP contribution < -0.4 is 5.32 Å². The van der Waals surface area contributed by atoms with Gasteiger partial charge in [0.25, 0.3) is 11.8 Å². The van der Waals surface area contributed by atoms with Crippen molar-refractivity contribution in [1.82, 2.24) is 30.1 Å². The van der Waals surface area contributed by atoms with Crippen LogP contribution in [0.5, 0.6) is 0 Å². The lowest BCUT2D eigenvalue weighted by atomic mass is 9.96. The van der Waals surface area contributed by atoms with E-state index in [1.54, 1.807) is 35.2 Å². The van der Waals surface area contributed by atoms with E-state index in [2.05, 4.69) is 20.6 Å². The molecule has 0 atom stereocenters. The molecule has 2 aromatic heterocycles. The standard InChI is InChI=1S/C28H27F3N6O3/c29-28(30,31)24-22(18-37(34-24)21-10-5-2-6-11-21)26(39)32-15-7-12-23(38)36-16-13-19(14-17-36)25-33-27(40-35-25)20-8-3-1-4-9-20/h1-6,8-11,18-19H,7,12-17H2,(H,32,39). The predicted molar refractivity (Wildman–Crippen MR) is 138 cm³/mol. The van der Waals surface area contributed by atoms with Gasteiger partial charge >= 0.3 is 6.18 Å². The van der Waals surface area contributed by atoms with E-state index >= 15 is 0 Å². The van der Waals surface area contributed by atoms with Gasteiger partial charge in [-0.2, -0.15) is 23.3 Å². The summed E-state index contributed by atoms with van der Waals surface area (Å²) in [6.07, 6.45) is -1.87. The number of carbonyl (C=O) groups is 2. The highest BCUT2D eigenvalue weighted by Gasteiger charge is 2.39. The molecule has 1 aliphatic heterocycles. The molecule has 12 heteroatoms. The van der Waals surface area contributed by atoms with Crippen molar-refractivity contribution >= 4 is 11.8 Å². The first kappa shape index (κ1) is 27.1. The fraction of sp³-hybridized carbons (Fsp3) is 0.321. The number of amides is 2. The SMILES string of the molecule is O=C(NCCCC(=O)N1CCC(c2noc(-c3ccccc3)n2)CC1)c1cn(-c2ccccc2)nc1C(F)(F)F. The van der Waals surface area contributed by atoms with Gasteiger partial charge in [0.05, 0.1) is 11.3 Å². The highest BCUT2D eigenvalue weighted by molar-refractivity contribution is 5.95. The summed E-state index contributed by atoms with van der Waals surface area (Å²) in [7, 11) is 0. The molecule has 0 unspecified atom stereocenters. The van der Waals surface area contributed by atoms with E-state index in [9.17, 15) is 22.8 Å². The predicted octanol–water partition coefficient (Wildman–Crippen LogP) is 4.86. The Morgan fingerprint density at radius 1 is 1.00 bits per heavy atom. The Morgan fingerprint density at radius 3 is 2.35 bits per heavy atom. The zero-order chi connectivity index (χ0) is 28.1. The van der Waals surface area contributed by atoms with Crippen molar-refractivity contribution < 1.29 is 27.3 Å². The first-order valence-corrected chi connectivity index (χ1v) is 13.0. The molecule has 0 bridgehead atoms. The maximum Gasteiger partial charge on any atom is 0.435 e. The molecule has 1 aliphatic rings. The molecule has 3 heterocycles. The summed E-state index contributed by atoms with van der Waals surface area (Å²) in [5.74, 6) is 0.217. The summed E-state index contributed by atoms with van der Waals surface area (Å²) in [5.41, 5.74) is -0.579. The van der Waals surface area contributed by atoms with E-state index in [4.69, 9.17) is 4.52 Å². The van der Waals surface area contributed by atoms with Gasteiger partial charge in [-0.3, -0.25) is 9.59 Å². The molecule has 9 nitrogen and oxygen atoms in total. The van der Waals surface area contributed by atoms with Crippen LogP contribution in [0.3, 0.4) is 0 Å². The number of likely N-dealkylation sites (tertiary alicyclic amines) is 1. The Balaban J connectivity index is 1.09. The number of rotatable bonds is 8. The Bertz CT molecular complexity index is 1440. The Kier molecular flexibility index (Phi) is 7.94. The molecule has 0 aliphatic carbocycles. The third-order valence-corrected chi connectivity index (χ3v) is 6.78. The fourth-order valence-corrected chi connectivity index (χ4v) is 4.64. The van der Waals surface area contributed by atoms with E-state index in [0.29, 0.717) is 49.8 Å². The molecule has 2 aromatic carbocycles. The monoisotopic (exact) mass is 552 g/mol. The molecule has 4 aromatic rings. The van der Waals surface area contributed by atoms with Crippen molar-refractivity contribution in [3.05, 3.63) is 83.9 Å². The van der Waals surface area contributed by atoms with Gasteiger partial charge in [-0.1, -0.05) is 41.6 Å². The number of alkyl halides is 3. The summed E-state index contributed by atoms with van der Waals surface area (Å²) < 4.78 is 47.0. The topological polar surface area (TPSA) is 106 Å². The molecule has 0 saturated carbocycles. The number of carbonyl (C=O) groups excluding carboxylic acids is 2. The molecule has 208 valence electrons. The number of nitrogens with zero attached hydrogens (tertiary/aromatic N) is 5. The Hall–Kier alpha value is -4.48. The van der Waals surface area contributed by atoms with Crippen molar-refractivity contribution in [2.45, 2.75) is 37.8 Å². The van der Waals surface area contributed by atoms with Crippen LogP contribution in [0, 0.1) is 0 Å². The van der Waals surface area contributed by atoms with Gasteiger partial charge in [0, 0.05) is 43.7 Å². The second-order valence-electron chi connectivity index (χ2n) is 9.51. The number of piperidine rings is 1. The number of para-hydroxylation sites is 1. The third-order valence-electron chi connectivity index (χ3n) is 6.78. The molecular formula is C28H27F3N6O3. The minimum Gasteiger partial charge on any atom is -0.352 e. The second kappa shape index (κ2) is 11.7. The number of aromatic nitrogens is 4. The maximum atomic E-state index is 13.5. The molecule has 1 N–H and O–H groups in total. The number of halogens is 3. The molecule has 40 heavy (non-hydrogen) atoms. The zero-order valence-corrected chi connectivity index (χ0v) is 21.5. The van der Waals surface area contributed by atoms with Crippen LogP contribution in [0.4, 0.5) is 13.2 Å². The third kappa shape index (κ3) is 6.22. The highest BCUT2D eigenvalue weighted by Crippen LogP contribution is 2.32. The van der Waals surface area contributed by atoms with Crippen LogP contribution >= 0.6 is 0 Å². The first-order chi connectivity index (χ1) is 19.3.